The number of aromatic amines is 1. The van der Waals surface area contributed by atoms with Crippen LogP contribution in [0.5, 0.6) is 0 Å². The van der Waals surface area contributed by atoms with Crippen LogP contribution in [0.15, 0.2) is 15.8 Å². The van der Waals surface area contributed by atoms with E-state index < -0.39 is 0 Å². The molecule has 2 aliphatic rings. The number of nitrogens with one attached hydrogen (secondary N) is 1. The second-order valence-electron chi connectivity index (χ2n) is 5.16. The third-order valence-corrected chi connectivity index (χ3v) is 4.21. The molecule has 0 spiro atoms. The van der Waals surface area contributed by atoms with E-state index in [1.54, 1.807) is 17.7 Å². The van der Waals surface area contributed by atoms with E-state index in [0.29, 0.717) is 12.2 Å². The fourth-order valence-corrected chi connectivity index (χ4v) is 3.21. The molecule has 6 nitrogen and oxygen atoms in total. The van der Waals surface area contributed by atoms with Crippen LogP contribution < -0.4 is 11.2 Å². The van der Waals surface area contributed by atoms with Gasteiger partial charge in [-0.1, -0.05) is 0 Å². The fraction of sp³-hybridized carbons (Fsp3) is 0.667. The number of aryl methyl sites for hydroxylation is 1. The summed E-state index contributed by atoms with van der Waals surface area (Å²) in [6.45, 7) is 2.34. The maximum absolute atomic E-state index is 11.9. The first-order valence-corrected chi connectivity index (χ1v) is 6.16. The Balaban J connectivity index is 2.00. The lowest BCUT2D eigenvalue weighted by molar-refractivity contribution is 0.0460. The smallest absolute Gasteiger partial charge is 0.328 e. The van der Waals surface area contributed by atoms with Crippen molar-refractivity contribution in [2.75, 3.05) is 13.2 Å². The average molecular weight is 252 g/mol. The lowest BCUT2D eigenvalue weighted by atomic mass is 9.96. The van der Waals surface area contributed by atoms with Gasteiger partial charge in [0.15, 0.2) is 0 Å². The molecular formula is C12H16N2O4. The van der Waals surface area contributed by atoms with E-state index in [4.69, 9.17) is 4.74 Å². The summed E-state index contributed by atoms with van der Waals surface area (Å²) in [4.78, 5) is 25.5. The monoisotopic (exact) mass is 252 g/mol. The van der Waals surface area contributed by atoms with Gasteiger partial charge in [-0.2, -0.15) is 0 Å². The molecule has 98 valence electrons. The van der Waals surface area contributed by atoms with Crippen LogP contribution in [0.4, 0.5) is 0 Å². The van der Waals surface area contributed by atoms with Crippen LogP contribution in [-0.2, 0) is 4.74 Å². The summed E-state index contributed by atoms with van der Waals surface area (Å²) in [7, 11) is 0. The highest BCUT2D eigenvalue weighted by Crippen LogP contribution is 2.46. The zero-order valence-corrected chi connectivity index (χ0v) is 10.1. The average Bonchev–Trinajstić information content (AvgIpc) is 2.90. The van der Waals surface area contributed by atoms with E-state index in [-0.39, 0.29) is 41.8 Å². The molecule has 1 aliphatic heterocycles. The third-order valence-electron chi connectivity index (χ3n) is 4.21. The number of ether oxygens (including phenoxy) is 1. The van der Waals surface area contributed by atoms with E-state index in [2.05, 4.69) is 4.98 Å². The Bertz CT molecular complexity index is 576. The Morgan fingerprint density at radius 1 is 1.56 bits per heavy atom. The molecule has 2 bridgehead atoms. The topological polar surface area (TPSA) is 84.3 Å². The van der Waals surface area contributed by atoms with Crippen LogP contribution in [0, 0.1) is 18.8 Å². The number of fused-ring (bicyclic) bond motifs is 2. The van der Waals surface area contributed by atoms with Gasteiger partial charge in [0.2, 0.25) is 0 Å². The summed E-state index contributed by atoms with van der Waals surface area (Å²) >= 11 is 0. The second kappa shape index (κ2) is 4.07. The summed E-state index contributed by atoms with van der Waals surface area (Å²) in [6, 6.07) is 0.0175. The van der Waals surface area contributed by atoms with Gasteiger partial charge in [-0.3, -0.25) is 14.3 Å². The summed E-state index contributed by atoms with van der Waals surface area (Å²) in [5.41, 5.74) is -0.187. The molecule has 3 rings (SSSR count). The lowest BCUT2D eigenvalue weighted by Gasteiger charge is -2.24. The Morgan fingerprint density at radius 2 is 2.33 bits per heavy atom. The number of H-pyrrole nitrogens is 1. The van der Waals surface area contributed by atoms with Gasteiger partial charge in [0, 0.05) is 36.2 Å². The van der Waals surface area contributed by atoms with E-state index >= 15 is 0 Å². The molecule has 0 aromatic carbocycles. The fourth-order valence-electron chi connectivity index (χ4n) is 3.21. The van der Waals surface area contributed by atoms with Gasteiger partial charge >= 0.3 is 5.69 Å². The molecule has 1 saturated heterocycles. The molecule has 6 heteroatoms. The van der Waals surface area contributed by atoms with Crippen molar-refractivity contribution in [1.29, 1.82) is 0 Å². The standard InChI is InChI=1S/C12H16N2O4/c1-6-3-14(12(17)13-11(6)16)9-2-10-7(4-15)8(9)5-18-10/h3,7-10,15H,2,4-5H2,1H3,(H,13,16,17)/t7-,8+,9-,10-/m0/s1. The minimum absolute atomic E-state index is 0.0175. The maximum Gasteiger partial charge on any atom is 0.328 e. The van der Waals surface area contributed by atoms with Gasteiger partial charge in [0.1, 0.15) is 0 Å². The summed E-state index contributed by atoms with van der Waals surface area (Å²) in [6.07, 6.45) is 2.37. The predicted octanol–water partition coefficient (Wildman–Crippen LogP) is -0.587. The molecule has 0 unspecified atom stereocenters. The molecule has 1 saturated carbocycles. The summed E-state index contributed by atoms with van der Waals surface area (Å²) in [5, 5.41) is 9.35. The number of nitrogens with zero attached hydrogens (tertiary/aromatic N) is 1. The normalized spacial score (nSPS) is 34.1. The molecule has 0 radical (unpaired) electrons. The van der Waals surface area contributed by atoms with Crippen LogP contribution in [0.25, 0.3) is 0 Å². The third kappa shape index (κ3) is 1.56. The number of aliphatic hydroxyl groups is 1. The van der Waals surface area contributed by atoms with Crippen LogP contribution >= 0.6 is 0 Å². The van der Waals surface area contributed by atoms with Gasteiger partial charge < -0.3 is 9.84 Å². The van der Waals surface area contributed by atoms with Crippen LogP contribution in [0.3, 0.4) is 0 Å². The first-order chi connectivity index (χ1) is 8.61. The van der Waals surface area contributed by atoms with Crippen molar-refractivity contribution in [3.8, 4) is 0 Å². The summed E-state index contributed by atoms with van der Waals surface area (Å²) in [5.74, 6) is 0.261. The Morgan fingerprint density at radius 3 is 3.00 bits per heavy atom. The van der Waals surface area contributed by atoms with Crippen molar-refractivity contribution >= 4 is 0 Å². The van der Waals surface area contributed by atoms with Gasteiger partial charge in [0.05, 0.1) is 12.7 Å². The van der Waals surface area contributed by atoms with Crippen molar-refractivity contribution in [2.24, 2.45) is 11.8 Å². The van der Waals surface area contributed by atoms with Crippen molar-refractivity contribution in [2.45, 2.75) is 25.5 Å². The van der Waals surface area contributed by atoms with Gasteiger partial charge in [0.25, 0.3) is 5.56 Å². The highest BCUT2D eigenvalue weighted by Gasteiger charge is 2.49. The van der Waals surface area contributed by atoms with E-state index in [9.17, 15) is 14.7 Å². The molecule has 2 fully saturated rings. The highest BCUT2D eigenvalue weighted by molar-refractivity contribution is 5.06. The van der Waals surface area contributed by atoms with E-state index in [1.807, 2.05) is 0 Å². The van der Waals surface area contributed by atoms with E-state index in [0.717, 1.165) is 6.42 Å². The van der Waals surface area contributed by atoms with Crippen molar-refractivity contribution < 1.29 is 9.84 Å². The van der Waals surface area contributed by atoms with Crippen molar-refractivity contribution in [3.05, 3.63) is 32.6 Å². The first-order valence-electron chi connectivity index (χ1n) is 6.16. The van der Waals surface area contributed by atoms with Gasteiger partial charge in [-0.15, -0.1) is 0 Å². The number of hydrogen-bond donors (Lipinski definition) is 2. The largest absolute Gasteiger partial charge is 0.396 e. The Kier molecular flexibility index (Phi) is 2.64. The zero-order valence-electron chi connectivity index (χ0n) is 10.1. The molecule has 18 heavy (non-hydrogen) atoms. The molecule has 0 amide bonds. The molecule has 1 aromatic rings. The highest BCUT2D eigenvalue weighted by atomic mass is 16.5. The SMILES string of the molecule is Cc1cn([C@H]2C[C@@H]3OC[C@@H]2[C@@H]3CO)c(=O)[nH]c1=O. The van der Waals surface area contributed by atoms with Crippen LogP contribution in [0.2, 0.25) is 0 Å². The minimum atomic E-state index is -0.375. The molecule has 4 atom stereocenters. The first kappa shape index (κ1) is 11.7. The second-order valence-corrected chi connectivity index (χ2v) is 5.16. The van der Waals surface area contributed by atoms with E-state index in [1.165, 1.54) is 0 Å². The minimum Gasteiger partial charge on any atom is -0.396 e. The number of rotatable bonds is 2. The van der Waals surface area contributed by atoms with Crippen LogP contribution in [0.1, 0.15) is 18.0 Å². The molecule has 1 aliphatic carbocycles. The predicted molar refractivity (Wildman–Crippen MR) is 63.5 cm³/mol. The molecular weight excluding hydrogens is 236 g/mol. The summed E-state index contributed by atoms with van der Waals surface area (Å²) < 4.78 is 7.14. The zero-order chi connectivity index (χ0) is 12.9. The molecule has 2 heterocycles. The number of aromatic nitrogens is 2. The lowest BCUT2D eigenvalue weighted by Crippen LogP contribution is -2.36. The van der Waals surface area contributed by atoms with Crippen LogP contribution in [-0.4, -0.2) is 34.0 Å². The quantitative estimate of drug-likeness (QED) is 0.737. The molecule has 2 N–H and O–H groups in total. The Hall–Kier alpha value is -1.40. The van der Waals surface area contributed by atoms with Gasteiger partial charge in [-0.05, 0) is 13.3 Å². The van der Waals surface area contributed by atoms with Crippen molar-refractivity contribution in [3.63, 3.8) is 0 Å². The Labute approximate surface area is 103 Å². The molecule has 1 aromatic heterocycles. The maximum atomic E-state index is 11.9. The number of hydrogen-bond acceptors (Lipinski definition) is 4. The number of aliphatic hydroxyl groups excluding tert-OH is 1. The van der Waals surface area contributed by atoms with Crippen molar-refractivity contribution in [1.82, 2.24) is 9.55 Å². The van der Waals surface area contributed by atoms with Gasteiger partial charge in [-0.25, -0.2) is 4.79 Å².